The molecule has 0 fully saturated rings. The molecular weight excluding hydrogens is 215 g/mol. The van der Waals surface area contributed by atoms with Crippen LogP contribution >= 0.6 is 7.82 Å². The zero-order valence-electron chi connectivity index (χ0n) is 5.27. The van der Waals surface area contributed by atoms with Crippen molar-refractivity contribution in [3.05, 3.63) is 24.7 Å². The van der Waals surface area contributed by atoms with Crippen molar-refractivity contribution in [2.24, 2.45) is 0 Å². The summed E-state index contributed by atoms with van der Waals surface area (Å²) in [6.07, 6.45) is 3.25. The standard InChI is InChI=1S/C4H4O.Fe.H3O4P/c1-2-4-5-3-1;;1-5(2,3)4/h1-4H;;(H3,1,2,3,4). The molecule has 0 saturated heterocycles. The van der Waals surface area contributed by atoms with Crippen LogP contribution < -0.4 is 0 Å². The van der Waals surface area contributed by atoms with E-state index in [1.165, 1.54) is 0 Å². The third kappa shape index (κ3) is 25.7. The SMILES string of the molecule is O=P(O)(O)O.[Fe].c1ccoc1. The van der Waals surface area contributed by atoms with E-state index in [-0.39, 0.29) is 17.1 Å². The molecule has 0 amide bonds. The van der Waals surface area contributed by atoms with Gasteiger partial charge < -0.3 is 19.1 Å². The Labute approximate surface area is 73.8 Å². The van der Waals surface area contributed by atoms with E-state index in [1.807, 2.05) is 12.1 Å². The fourth-order valence-electron chi connectivity index (χ4n) is 0.227. The van der Waals surface area contributed by atoms with Gasteiger partial charge in [-0.05, 0) is 12.1 Å². The molecule has 0 aliphatic carbocycles. The van der Waals surface area contributed by atoms with Crippen molar-refractivity contribution in [3.8, 4) is 0 Å². The average Bonchev–Trinajstić information content (AvgIpc) is 2.07. The van der Waals surface area contributed by atoms with Gasteiger partial charge in [-0.3, -0.25) is 0 Å². The first-order valence-corrected chi connectivity index (χ1v) is 3.82. The number of phosphoric acid groups is 1. The molecule has 3 N–H and O–H groups in total. The molecule has 0 unspecified atom stereocenters. The molecule has 66 valence electrons. The van der Waals surface area contributed by atoms with Crippen molar-refractivity contribution < 1.29 is 40.7 Å². The van der Waals surface area contributed by atoms with Crippen LogP contribution in [0.5, 0.6) is 0 Å². The second kappa shape index (κ2) is 6.61. The van der Waals surface area contributed by atoms with Crippen molar-refractivity contribution >= 4 is 7.82 Å². The maximum absolute atomic E-state index is 8.88. The Morgan fingerprint density at radius 1 is 1.09 bits per heavy atom. The first-order valence-electron chi connectivity index (χ1n) is 2.25. The summed E-state index contributed by atoms with van der Waals surface area (Å²) in [6.45, 7) is 0. The Bertz CT molecular complexity index is 167. The van der Waals surface area contributed by atoms with Crippen LogP contribution in [-0.2, 0) is 21.6 Å². The van der Waals surface area contributed by atoms with Gasteiger partial charge in [0.15, 0.2) is 0 Å². The summed E-state index contributed by atoms with van der Waals surface area (Å²) in [7, 11) is -4.64. The van der Waals surface area contributed by atoms with E-state index in [2.05, 4.69) is 4.42 Å². The molecular formula is C4H7FeO5P. The van der Waals surface area contributed by atoms with Crippen molar-refractivity contribution in [1.82, 2.24) is 0 Å². The summed E-state index contributed by atoms with van der Waals surface area (Å²) in [5, 5.41) is 0. The molecule has 0 aliphatic rings. The molecule has 0 radical (unpaired) electrons. The third-order valence-electron chi connectivity index (χ3n) is 0.425. The number of furan rings is 1. The van der Waals surface area contributed by atoms with E-state index in [0.29, 0.717) is 0 Å². The van der Waals surface area contributed by atoms with Gasteiger partial charge in [-0.2, -0.15) is 0 Å². The molecule has 0 bridgehead atoms. The molecule has 1 aromatic rings. The van der Waals surface area contributed by atoms with Crippen molar-refractivity contribution in [1.29, 1.82) is 0 Å². The second-order valence-corrected chi connectivity index (χ2v) is 2.33. The molecule has 7 heteroatoms. The van der Waals surface area contributed by atoms with Crippen LogP contribution in [0.4, 0.5) is 0 Å². The topological polar surface area (TPSA) is 90.9 Å². The van der Waals surface area contributed by atoms with Crippen molar-refractivity contribution in [2.75, 3.05) is 0 Å². The van der Waals surface area contributed by atoms with Gasteiger partial charge in [0, 0.05) is 17.1 Å². The van der Waals surface area contributed by atoms with Gasteiger partial charge in [0.25, 0.3) is 0 Å². The molecule has 0 saturated carbocycles. The normalized spacial score (nSPS) is 9.00. The van der Waals surface area contributed by atoms with Gasteiger partial charge in [0.1, 0.15) is 0 Å². The van der Waals surface area contributed by atoms with E-state index in [0.717, 1.165) is 0 Å². The van der Waals surface area contributed by atoms with Crippen LogP contribution in [0.25, 0.3) is 0 Å². The van der Waals surface area contributed by atoms with E-state index < -0.39 is 7.82 Å². The summed E-state index contributed by atoms with van der Waals surface area (Å²) >= 11 is 0. The van der Waals surface area contributed by atoms with Gasteiger partial charge >= 0.3 is 7.82 Å². The fourth-order valence-corrected chi connectivity index (χ4v) is 0.227. The van der Waals surface area contributed by atoms with E-state index >= 15 is 0 Å². The smallest absolute Gasteiger partial charge is 0.466 e. The first-order chi connectivity index (χ1) is 4.50. The minimum Gasteiger partial charge on any atom is -0.473 e. The van der Waals surface area contributed by atoms with Gasteiger partial charge in [-0.25, -0.2) is 4.57 Å². The third-order valence-corrected chi connectivity index (χ3v) is 0.425. The average molecular weight is 222 g/mol. The quantitative estimate of drug-likeness (QED) is 0.435. The van der Waals surface area contributed by atoms with Crippen molar-refractivity contribution in [2.45, 2.75) is 0 Å². The predicted octanol–water partition coefficient (Wildman–Crippen LogP) is 0.348. The van der Waals surface area contributed by atoms with Crippen LogP contribution in [0.1, 0.15) is 0 Å². The zero-order valence-corrected chi connectivity index (χ0v) is 7.27. The molecule has 5 nitrogen and oxygen atoms in total. The van der Waals surface area contributed by atoms with Crippen LogP contribution in [0.2, 0.25) is 0 Å². The number of rotatable bonds is 0. The molecule has 0 atom stereocenters. The van der Waals surface area contributed by atoms with Gasteiger partial charge in [0.05, 0.1) is 12.5 Å². The number of hydrogen-bond donors (Lipinski definition) is 3. The molecule has 0 spiro atoms. The van der Waals surface area contributed by atoms with Crippen LogP contribution in [0.3, 0.4) is 0 Å². The van der Waals surface area contributed by atoms with Crippen LogP contribution in [0.15, 0.2) is 29.1 Å². The Hall–Kier alpha value is -0.0905. The maximum atomic E-state index is 8.88. The summed E-state index contributed by atoms with van der Waals surface area (Å²) in [4.78, 5) is 21.6. The Kier molecular flexibility index (Phi) is 8.11. The fraction of sp³-hybridized carbons (Fsp3) is 0. The summed E-state index contributed by atoms with van der Waals surface area (Å²) < 4.78 is 13.5. The predicted molar refractivity (Wildman–Crippen MR) is 33.0 cm³/mol. The first kappa shape index (κ1) is 13.5. The summed E-state index contributed by atoms with van der Waals surface area (Å²) in [5.41, 5.74) is 0. The summed E-state index contributed by atoms with van der Waals surface area (Å²) in [6, 6.07) is 3.67. The van der Waals surface area contributed by atoms with E-state index in [4.69, 9.17) is 19.2 Å². The minimum atomic E-state index is -4.64. The van der Waals surface area contributed by atoms with Gasteiger partial charge in [-0.15, -0.1) is 0 Å². The monoisotopic (exact) mass is 222 g/mol. The van der Waals surface area contributed by atoms with E-state index in [9.17, 15) is 0 Å². The molecule has 0 aliphatic heterocycles. The molecule has 1 heterocycles. The van der Waals surface area contributed by atoms with Crippen LogP contribution in [-0.4, -0.2) is 14.7 Å². The molecule has 1 rings (SSSR count). The van der Waals surface area contributed by atoms with Crippen molar-refractivity contribution in [3.63, 3.8) is 0 Å². The zero-order chi connectivity index (χ0) is 8.04. The number of hydrogen-bond acceptors (Lipinski definition) is 2. The van der Waals surface area contributed by atoms with Crippen LogP contribution in [0, 0.1) is 0 Å². The Balaban J connectivity index is 0. The Morgan fingerprint density at radius 2 is 1.36 bits per heavy atom. The maximum Gasteiger partial charge on any atom is 0.466 e. The Morgan fingerprint density at radius 3 is 1.45 bits per heavy atom. The van der Waals surface area contributed by atoms with Gasteiger partial charge in [-0.1, -0.05) is 0 Å². The second-order valence-electron chi connectivity index (χ2n) is 1.31. The van der Waals surface area contributed by atoms with Gasteiger partial charge in [0.2, 0.25) is 0 Å². The molecule has 0 aromatic carbocycles. The largest absolute Gasteiger partial charge is 0.473 e. The van der Waals surface area contributed by atoms with E-state index in [1.54, 1.807) is 12.5 Å². The molecule has 1 aromatic heterocycles. The minimum absolute atomic E-state index is 0. The molecule has 11 heavy (non-hydrogen) atoms. The summed E-state index contributed by atoms with van der Waals surface area (Å²) in [5.74, 6) is 0.